The van der Waals surface area contributed by atoms with Gasteiger partial charge in [0, 0.05) is 5.69 Å². The van der Waals surface area contributed by atoms with Gasteiger partial charge in [-0.1, -0.05) is 12.1 Å². The minimum absolute atomic E-state index is 0.0631. The van der Waals surface area contributed by atoms with E-state index in [0.29, 0.717) is 11.5 Å². The average Bonchev–Trinajstić information content (AvgIpc) is 2.44. The van der Waals surface area contributed by atoms with Gasteiger partial charge in [-0.2, -0.15) is 0 Å². The number of rotatable bonds is 5. The van der Waals surface area contributed by atoms with Crippen molar-refractivity contribution < 1.29 is 14.3 Å². The summed E-state index contributed by atoms with van der Waals surface area (Å²) in [6.45, 7) is 5.90. The fourth-order valence-corrected chi connectivity index (χ4v) is 2.28. The van der Waals surface area contributed by atoms with Crippen LogP contribution in [0.3, 0.4) is 0 Å². The van der Waals surface area contributed by atoms with E-state index in [0.717, 1.165) is 22.4 Å². The first-order chi connectivity index (χ1) is 10.5. The van der Waals surface area contributed by atoms with E-state index < -0.39 is 0 Å². The Morgan fingerprint density at radius 2 is 1.64 bits per heavy atom. The Morgan fingerprint density at radius 3 is 2.27 bits per heavy atom. The molecule has 4 nitrogen and oxygen atoms in total. The molecule has 2 aromatic carbocycles. The molecule has 2 aromatic rings. The summed E-state index contributed by atoms with van der Waals surface area (Å²) in [6.07, 6.45) is 0. The molecule has 0 saturated heterocycles. The number of methoxy groups -OCH3 is 1. The number of benzene rings is 2. The van der Waals surface area contributed by atoms with Crippen molar-refractivity contribution in [2.45, 2.75) is 20.8 Å². The van der Waals surface area contributed by atoms with E-state index >= 15 is 0 Å². The monoisotopic (exact) mass is 299 g/mol. The van der Waals surface area contributed by atoms with Crippen LogP contribution in [0.25, 0.3) is 0 Å². The van der Waals surface area contributed by atoms with E-state index in [1.807, 2.05) is 45.0 Å². The maximum atomic E-state index is 12.0. The second-order valence-electron chi connectivity index (χ2n) is 5.37. The minimum atomic E-state index is -0.201. The number of carbonyl (C=O) groups is 1. The van der Waals surface area contributed by atoms with Gasteiger partial charge in [0.15, 0.2) is 18.1 Å². The van der Waals surface area contributed by atoms with E-state index in [1.54, 1.807) is 13.2 Å². The summed E-state index contributed by atoms with van der Waals surface area (Å²) in [5.41, 5.74) is 4.07. The van der Waals surface area contributed by atoms with Crippen LogP contribution in [0.4, 0.5) is 5.69 Å². The number of nitrogens with one attached hydrogen (secondary N) is 1. The third-order valence-electron chi connectivity index (χ3n) is 3.18. The molecule has 116 valence electrons. The zero-order valence-electron chi connectivity index (χ0n) is 13.4. The van der Waals surface area contributed by atoms with Crippen LogP contribution in [0.5, 0.6) is 11.5 Å². The molecule has 0 atom stereocenters. The quantitative estimate of drug-likeness (QED) is 0.917. The largest absolute Gasteiger partial charge is 0.493 e. The Balaban J connectivity index is 1.98. The lowest BCUT2D eigenvalue weighted by Crippen LogP contribution is -2.20. The Kier molecular flexibility index (Phi) is 5.04. The second-order valence-corrected chi connectivity index (χ2v) is 5.37. The third kappa shape index (κ3) is 4.25. The highest BCUT2D eigenvalue weighted by Crippen LogP contribution is 2.27. The Morgan fingerprint density at radius 1 is 0.955 bits per heavy atom. The topological polar surface area (TPSA) is 47.6 Å². The van der Waals surface area contributed by atoms with Crippen molar-refractivity contribution >= 4 is 11.6 Å². The van der Waals surface area contributed by atoms with Crippen LogP contribution >= 0.6 is 0 Å². The molecule has 0 fully saturated rings. The summed E-state index contributed by atoms with van der Waals surface area (Å²) in [6, 6.07) is 11.5. The fourth-order valence-electron chi connectivity index (χ4n) is 2.28. The van der Waals surface area contributed by atoms with Gasteiger partial charge in [0.1, 0.15) is 0 Å². The number of carbonyl (C=O) groups excluding carboxylic acids is 1. The smallest absolute Gasteiger partial charge is 0.262 e. The number of hydrogen-bond acceptors (Lipinski definition) is 3. The van der Waals surface area contributed by atoms with Crippen molar-refractivity contribution in [1.82, 2.24) is 0 Å². The summed E-state index contributed by atoms with van der Waals surface area (Å²) in [5, 5.41) is 2.84. The molecule has 4 heteroatoms. The molecule has 2 rings (SSSR count). The molecule has 0 radical (unpaired) electrons. The second kappa shape index (κ2) is 6.98. The maximum absolute atomic E-state index is 12.0. The molecule has 1 amide bonds. The van der Waals surface area contributed by atoms with Crippen LogP contribution in [0.2, 0.25) is 0 Å². The van der Waals surface area contributed by atoms with Crippen LogP contribution in [0, 0.1) is 20.8 Å². The highest BCUT2D eigenvalue weighted by molar-refractivity contribution is 5.92. The van der Waals surface area contributed by atoms with E-state index in [9.17, 15) is 4.79 Å². The molecule has 0 unspecified atom stereocenters. The third-order valence-corrected chi connectivity index (χ3v) is 3.18. The van der Waals surface area contributed by atoms with E-state index in [1.165, 1.54) is 0 Å². The molecular formula is C18H21NO3. The van der Waals surface area contributed by atoms with Crippen LogP contribution in [-0.2, 0) is 4.79 Å². The van der Waals surface area contributed by atoms with Gasteiger partial charge in [-0.15, -0.1) is 0 Å². The zero-order valence-corrected chi connectivity index (χ0v) is 13.4. The zero-order chi connectivity index (χ0) is 16.1. The van der Waals surface area contributed by atoms with E-state index in [-0.39, 0.29) is 12.5 Å². The lowest BCUT2D eigenvalue weighted by molar-refractivity contribution is -0.118. The number of aryl methyl sites for hydroxylation is 3. The van der Waals surface area contributed by atoms with Gasteiger partial charge in [-0.05, 0) is 61.7 Å². The lowest BCUT2D eigenvalue weighted by Gasteiger charge is -2.12. The van der Waals surface area contributed by atoms with Gasteiger partial charge in [0.25, 0.3) is 5.91 Å². The van der Waals surface area contributed by atoms with Crippen LogP contribution in [0.15, 0.2) is 36.4 Å². The number of ether oxygens (including phenoxy) is 2. The first-order valence-electron chi connectivity index (χ1n) is 7.13. The SMILES string of the molecule is COc1cc(C)ccc1OCC(=O)Nc1cc(C)cc(C)c1. The average molecular weight is 299 g/mol. The van der Waals surface area contributed by atoms with Crippen molar-refractivity contribution in [3.05, 3.63) is 53.1 Å². The molecule has 0 aliphatic carbocycles. The molecule has 0 aromatic heterocycles. The number of anilines is 1. The maximum Gasteiger partial charge on any atom is 0.262 e. The fraction of sp³-hybridized carbons (Fsp3) is 0.278. The summed E-state index contributed by atoms with van der Waals surface area (Å²) in [7, 11) is 1.58. The standard InChI is InChI=1S/C18H21NO3/c1-12-5-6-16(17(10-12)21-4)22-11-18(20)19-15-8-13(2)7-14(3)9-15/h5-10H,11H2,1-4H3,(H,19,20). The molecule has 0 heterocycles. The van der Waals surface area contributed by atoms with Crippen molar-refractivity contribution in [3.8, 4) is 11.5 Å². The van der Waals surface area contributed by atoms with Gasteiger partial charge < -0.3 is 14.8 Å². The molecule has 0 spiro atoms. The summed E-state index contributed by atoms with van der Waals surface area (Å²) in [4.78, 5) is 12.0. The number of hydrogen-bond donors (Lipinski definition) is 1. The van der Waals surface area contributed by atoms with E-state index in [2.05, 4.69) is 11.4 Å². The van der Waals surface area contributed by atoms with Gasteiger partial charge in [0.2, 0.25) is 0 Å². The molecule has 0 bridgehead atoms. The molecular weight excluding hydrogens is 278 g/mol. The van der Waals surface area contributed by atoms with Crippen molar-refractivity contribution in [2.24, 2.45) is 0 Å². The number of amides is 1. The van der Waals surface area contributed by atoms with Gasteiger partial charge in [-0.3, -0.25) is 4.79 Å². The highest BCUT2D eigenvalue weighted by Gasteiger charge is 2.08. The Hall–Kier alpha value is -2.49. The van der Waals surface area contributed by atoms with Crippen LogP contribution in [0.1, 0.15) is 16.7 Å². The lowest BCUT2D eigenvalue weighted by atomic mass is 10.1. The van der Waals surface area contributed by atoms with E-state index in [4.69, 9.17) is 9.47 Å². The van der Waals surface area contributed by atoms with Gasteiger partial charge in [0.05, 0.1) is 7.11 Å². The van der Waals surface area contributed by atoms with Gasteiger partial charge >= 0.3 is 0 Å². The first-order valence-corrected chi connectivity index (χ1v) is 7.13. The minimum Gasteiger partial charge on any atom is -0.493 e. The molecule has 1 N–H and O–H groups in total. The molecule has 0 aliphatic rings. The summed E-state index contributed by atoms with van der Waals surface area (Å²) < 4.78 is 10.8. The van der Waals surface area contributed by atoms with Crippen molar-refractivity contribution in [2.75, 3.05) is 19.0 Å². The highest BCUT2D eigenvalue weighted by atomic mass is 16.5. The first kappa shape index (κ1) is 15.9. The Labute approximate surface area is 131 Å². The van der Waals surface area contributed by atoms with Gasteiger partial charge in [-0.25, -0.2) is 0 Å². The molecule has 0 saturated carbocycles. The normalized spacial score (nSPS) is 10.2. The van der Waals surface area contributed by atoms with Crippen molar-refractivity contribution in [1.29, 1.82) is 0 Å². The summed E-state index contributed by atoms with van der Waals surface area (Å²) >= 11 is 0. The predicted octanol–water partition coefficient (Wildman–Crippen LogP) is 3.64. The molecule has 0 aliphatic heterocycles. The molecule has 22 heavy (non-hydrogen) atoms. The van der Waals surface area contributed by atoms with Crippen molar-refractivity contribution in [3.63, 3.8) is 0 Å². The van der Waals surface area contributed by atoms with Crippen LogP contribution in [-0.4, -0.2) is 19.6 Å². The Bertz CT molecular complexity index is 660. The van der Waals surface area contributed by atoms with Crippen LogP contribution < -0.4 is 14.8 Å². The predicted molar refractivity (Wildman–Crippen MR) is 87.8 cm³/mol. The summed E-state index contributed by atoms with van der Waals surface area (Å²) in [5.74, 6) is 0.982.